The maximum atomic E-state index is 4.68. The van der Waals surface area contributed by atoms with Gasteiger partial charge in [-0.3, -0.25) is 4.98 Å². The maximum Gasteiger partial charge on any atom is 0.0888 e. The minimum atomic E-state index is 1.09. The third kappa shape index (κ3) is 3.88. The first-order valence-corrected chi connectivity index (χ1v) is 15.4. The summed E-state index contributed by atoms with van der Waals surface area (Å²) in [5.74, 6) is 0. The van der Waals surface area contributed by atoms with E-state index >= 15 is 0 Å². The molecule has 1 nitrogen and oxygen atoms in total. The fraction of sp³-hybridized carbons (Fsp3) is 0. The normalized spacial score (nSPS) is 11.7. The monoisotopic (exact) mass is 563 g/mol. The molecule has 0 spiro atoms. The fourth-order valence-electron chi connectivity index (χ4n) is 6.70. The summed E-state index contributed by atoms with van der Waals surface area (Å²) in [6, 6.07) is 53.3. The van der Waals surface area contributed by atoms with Crippen molar-refractivity contribution in [3.8, 4) is 66.8 Å². The molecule has 2 aromatic heterocycles. The number of rotatable bonds is 2. The van der Waals surface area contributed by atoms with Crippen LogP contribution in [0.2, 0.25) is 0 Å². The zero-order valence-electron chi connectivity index (χ0n) is 23.3. The van der Waals surface area contributed by atoms with E-state index in [1.807, 2.05) is 12.3 Å². The Labute approximate surface area is 254 Å². The fourth-order valence-corrected chi connectivity index (χ4v) is 7.74. The van der Waals surface area contributed by atoms with Crippen LogP contribution in [0.25, 0.3) is 87.1 Å². The average molecular weight is 564 g/mol. The summed E-state index contributed by atoms with van der Waals surface area (Å²) in [5.41, 5.74) is 16.1. The van der Waals surface area contributed by atoms with Crippen LogP contribution >= 0.6 is 11.3 Å². The van der Waals surface area contributed by atoms with E-state index in [2.05, 4.69) is 145 Å². The van der Waals surface area contributed by atoms with Gasteiger partial charge in [0.05, 0.1) is 10.2 Å². The molecule has 0 bridgehead atoms. The van der Waals surface area contributed by atoms with E-state index in [4.69, 9.17) is 0 Å². The molecule has 0 unspecified atom stereocenters. The summed E-state index contributed by atoms with van der Waals surface area (Å²) in [5, 5.41) is 1.22. The van der Waals surface area contributed by atoms with Gasteiger partial charge in [0.2, 0.25) is 0 Å². The first-order chi connectivity index (χ1) is 21.3. The summed E-state index contributed by atoms with van der Waals surface area (Å²) in [6.07, 6.45) is 1.89. The van der Waals surface area contributed by atoms with Crippen molar-refractivity contribution in [2.45, 2.75) is 0 Å². The Hall–Kier alpha value is -5.31. The molecular weight excluding hydrogens is 539 g/mol. The molecule has 0 N–H and O–H groups in total. The van der Waals surface area contributed by atoms with Gasteiger partial charge in [-0.25, -0.2) is 0 Å². The lowest BCUT2D eigenvalue weighted by Gasteiger charge is -2.23. The van der Waals surface area contributed by atoms with Gasteiger partial charge in [0.25, 0.3) is 0 Å². The van der Waals surface area contributed by atoms with Gasteiger partial charge >= 0.3 is 0 Å². The molecule has 2 heteroatoms. The quantitative estimate of drug-likeness (QED) is 0.204. The SMILES string of the molecule is c1cc(-c2ccc3c(c2)-c2ccccc2-c2ccccc2-c2ccccc2-3)cc(-c2ccc3sc4cccnc4c3c2)c1. The number of hydrogen-bond acceptors (Lipinski definition) is 2. The van der Waals surface area contributed by atoms with Crippen molar-refractivity contribution >= 4 is 31.6 Å². The van der Waals surface area contributed by atoms with E-state index in [0.29, 0.717) is 0 Å². The van der Waals surface area contributed by atoms with E-state index in [9.17, 15) is 0 Å². The van der Waals surface area contributed by atoms with Gasteiger partial charge < -0.3 is 0 Å². The summed E-state index contributed by atoms with van der Waals surface area (Å²) < 4.78 is 2.50. The molecule has 43 heavy (non-hydrogen) atoms. The second-order valence-corrected chi connectivity index (χ2v) is 12.2. The van der Waals surface area contributed by atoms with Crippen molar-refractivity contribution in [2.75, 3.05) is 0 Å². The van der Waals surface area contributed by atoms with Crippen LogP contribution in [0.1, 0.15) is 0 Å². The Kier molecular flexibility index (Phi) is 5.44. The Morgan fingerprint density at radius 3 is 1.49 bits per heavy atom. The number of benzene rings is 6. The van der Waals surface area contributed by atoms with E-state index in [1.165, 1.54) is 81.5 Å². The molecule has 8 aromatic rings. The number of fused-ring (bicyclic) bond motifs is 11. The van der Waals surface area contributed by atoms with Crippen LogP contribution < -0.4 is 0 Å². The van der Waals surface area contributed by atoms with E-state index in [0.717, 1.165) is 5.52 Å². The molecule has 0 amide bonds. The molecule has 6 aromatic carbocycles. The topological polar surface area (TPSA) is 12.9 Å². The molecule has 0 fully saturated rings. The minimum Gasteiger partial charge on any atom is -0.255 e. The average Bonchev–Trinajstić information content (AvgIpc) is 3.46. The molecule has 0 aliphatic heterocycles. The van der Waals surface area contributed by atoms with Crippen LogP contribution in [0, 0.1) is 0 Å². The molecule has 1 aliphatic rings. The molecule has 9 rings (SSSR count). The zero-order valence-corrected chi connectivity index (χ0v) is 24.1. The molecule has 200 valence electrons. The number of thiophene rings is 1. The highest BCUT2D eigenvalue weighted by Crippen LogP contribution is 2.48. The van der Waals surface area contributed by atoms with Crippen LogP contribution in [0.5, 0.6) is 0 Å². The Bertz CT molecular complexity index is 2350. The van der Waals surface area contributed by atoms with Gasteiger partial charge in [0.1, 0.15) is 0 Å². The van der Waals surface area contributed by atoms with E-state index in [-0.39, 0.29) is 0 Å². The standard InChI is InChI=1S/C41H25NS/c1-2-12-31-30(11-1)32-13-3-4-15-34(32)36-20-18-28(24-37(36)35-16-6-5-14-33(31)35)26-9-7-10-27(23-26)29-19-21-39-38(25-29)41-40(43-39)17-8-22-42-41/h1-25H. The third-order valence-electron chi connectivity index (χ3n) is 8.72. The van der Waals surface area contributed by atoms with Gasteiger partial charge in [-0.1, -0.05) is 109 Å². The van der Waals surface area contributed by atoms with Crippen LogP contribution in [0.3, 0.4) is 0 Å². The van der Waals surface area contributed by atoms with Gasteiger partial charge in [-0.2, -0.15) is 0 Å². The Balaban J connectivity index is 1.22. The van der Waals surface area contributed by atoms with Crippen molar-refractivity contribution < 1.29 is 0 Å². The highest BCUT2D eigenvalue weighted by Gasteiger charge is 2.21. The molecule has 0 saturated heterocycles. The van der Waals surface area contributed by atoms with E-state index in [1.54, 1.807) is 11.3 Å². The minimum absolute atomic E-state index is 1.09. The smallest absolute Gasteiger partial charge is 0.0888 e. The largest absolute Gasteiger partial charge is 0.255 e. The van der Waals surface area contributed by atoms with Gasteiger partial charge in [-0.05, 0) is 103 Å². The van der Waals surface area contributed by atoms with Crippen molar-refractivity contribution in [2.24, 2.45) is 0 Å². The van der Waals surface area contributed by atoms with Gasteiger partial charge in [-0.15, -0.1) is 11.3 Å². The summed E-state index contributed by atoms with van der Waals surface area (Å²) in [4.78, 5) is 4.68. The maximum absolute atomic E-state index is 4.68. The highest BCUT2D eigenvalue weighted by molar-refractivity contribution is 7.25. The van der Waals surface area contributed by atoms with E-state index < -0.39 is 0 Å². The van der Waals surface area contributed by atoms with Crippen molar-refractivity contribution in [1.82, 2.24) is 4.98 Å². The molecule has 1 aliphatic carbocycles. The first-order valence-electron chi connectivity index (χ1n) is 14.6. The van der Waals surface area contributed by atoms with Gasteiger partial charge in [0.15, 0.2) is 0 Å². The van der Waals surface area contributed by atoms with Crippen LogP contribution in [-0.2, 0) is 0 Å². The summed E-state index contributed by atoms with van der Waals surface area (Å²) in [6.45, 7) is 0. The molecule has 0 radical (unpaired) electrons. The Morgan fingerprint density at radius 1 is 0.349 bits per heavy atom. The number of aromatic nitrogens is 1. The van der Waals surface area contributed by atoms with Crippen LogP contribution in [0.15, 0.2) is 152 Å². The van der Waals surface area contributed by atoms with Crippen LogP contribution in [0.4, 0.5) is 0 Å². The van der Waals surface area contributed by atoms with Crippen LogP contribution in [-0.4, -0.2) is 4.98 Å². The first kappa shape index (κ1) is 24.3. The lowest BCUT2D eigenvalue weighted by atomic mass is 9.80. The predicted octanol–water partition coefficient (Wildman–Crippen LogP) is 11.8. The molecule has 0 atom stereocenters. The van der Waals surface area contributed by atoms with Crippen molar-refractivity contribution in [3.63, 3.8) is 0 Å². The number of pyridine rings is 1. The summed E-state index contributed by atoms with van der Waals surface area (Å²) in [7, 11) is 0. The Morgan fingerprint density at radius 2 is 0.860 bits per heavy atom. The van der Waals surface area contributed by atoms with Gasteiger partial charge in [0, 0.05) is 16.3 Å². The molecule has 2 heterocycles. The third-order valence-corrected chi connectivity index (χ3v) is 9.84. The second-order valence-electron chi connectivity index (χ2n) is 11.1. The second kappa shape index (κ2) is 9.62. The van der Waals surface area contributed by atoms with Crippen molar-refractivity contribution in [1.29, 1.82) is 0 Å². The highest BCUT2D eigenvalue weighted by atomic mass is 32.1. The number of nitrogens with zero attached hydrogens (tertiary/aromatic N) is 1. The molecular formula is C41H25NS. The zero-order chi connectivity index (χ0) is 28.3. The summed E-state index contributed by atoms with van der Waals surface area (Å²) >= 11 is 1.80. The lowest BCUT2D eigenvalue weighted by molar-refractivity contribution is 1.44. The number of hydrogen-bond donors (Lipinski definition) is 0. The van der Waals surface area contributed by atoms with Crippen molar-refractivity contribution in [3.05, 3.63) is 152 Å². The lowest BCUT2D eigenvalue weighted by Crippen LogP contribution is -1.97. The molecule has 0 saturated carbocycles. The predicted molar refractivity (Wildman–Crippen MR) is 183 cm³/mol.